The lowest BCUT2D eigenvalue weighted by Gasteiger charge is -2.42. The number of carboxylic acid groups (broad SMARTS) is 1. The molecule has 2 aliphatic heterocycles. The summed E-state index contributed by atoms with van der Waals surface area (Å²) < 4.78 is 5.42. The largest absolute Gasteiger partial charge is 0.479 e. The Morgan fingerprint density at radius 3 is 2.78 bits per heavy atom. The number of nitrogens with zero attached hydrogens (tertiary/aromatic N) is 1. The van der Waals surface area contributed by atoms with Gasteiger partial charge in [0, 0.05) is 6.54 Å². The summed E-state index contributed by atoms with van der Waals surface area (Å²) in [6.45, 7) is 4.23. The summed E-state index contributed by atoms with van der Waals surface area (Å²) in [5.41, 5.74) is 0. The highest BCUT2D eigenvalue weighted by Gasteiger charge is 2.57. The van der Waals surface area contributed by atoms with Gasteiger partial charge in [-0.2, -0.15) is 0 Å². The monoisotopic (exact) mass is 276 g/mol. The van der Waals surface area contributed by atoms with Crippen molar-refractivity contribution in [2.75, 3.05) is 6.54 Å². The molecule has 0 bridgehead atoms. The Morgan fingerprint density at radius 2 is 2.22 bits per heavy atom. The lowest BCUT2D eigenvalue weighted by Crippen LogP contribution is -2.61. The minimum Gasteiger partial charge on any atom is -0.479 e. The van der Waals surface area contributed by atoms with Gasteiger partial charge in [0.1, 0.15) is 23.2 Å². The van der Waals surface area contributed by atoms with Crippen molar-refractivity contribution in [1.82, 2.24) is 5.32 Å². The molecule has 7 nitrogen and oxygen atoms in total. The molecule has 0 radical (unpaired) electrons. The van der Waals surface area contributed by atoms with Gasteiger partial charge in [-0.25, -0.2) is 4.79 Å². The van der Waals surface area contributed by atoms with Crippen LogP contribution in [0.3, 0.4) is 0 Å². The van der Waals surface area contributed by atoms with E-state index in [0.717, 1.165) is 0 Å². The number of ether oxygens (including phenoxy) is 1. The molecule has 0 amide bonds. The van der Waals surface area contributed by atoms with E-state index >= 15 is 0 Å². The highest BCUT2D eigenvalue weighted by molar-refractivity contribution is 8.15. The second kappa shape index (κ2) is 4.69. The first-order valence-electron chi connectivity index (χ1n) is 5.66. The van der Waals surface area contributed by atoms with Gasteiger partial charge in [0.25, 0.3) is 0 Å². The van der Waals surface area contributed by atoms with Gasteiger partial charge in [-0.05, 0) is 13.8 Å². The topological polar surface area (TPSA) is 111 Å². The molecular weight excluding hydrogens is 260 g/mol. The molecule has 18 heavy (non-hydrogen) atoms. The predicted molar refractivity (Wildman–Crippen MR) is 65.4 cm³/mol. The predicted octanol–water partition coefficient (Wildman–Crippen LogP) is -1.01. The van der Waals surface area contributed by atoms with Gasteiger partial charge >= 0.3 is 5.97 Å². The Balaban J connectivity index is 2.24. The maximum absolute atomic E-state index is 11.0. The number of amidine groups is 1. The number of hydrogen-bond donors (Lipinski definition) is 4. The third kappa shape index (κ3) is 2.09. The average Bonchev–Trinajstić information content (AvgIpc) is 2.61. The number of carboxylic acids is 1. The lowest BCUT2D eigenvalue weighted by molar-refractivity contribution is -0.202. The van der Waals surface area contributed by atoms with E-state index in [1.165, 1.54) is 11.8 Å². The fraction of sp³-hybridized carbons (Fsp3) is 0.800. The number of rotatable bonds is 2. The van der Waals surface area contributed by atoms with Crippen LogP contribution in [-0.4, -0.2) is 62.3 Å². The second-order valence-electron chi connectivity index (χ2n) is 4.39. The van der Waals surface area contributed by atoms with E-state index in [2.05, 4.69) is 10.3 Å². The fourth-order valence-electron chi connectivity index (χ4n) is 2.12. The van der Waals surface area contributed by atoms with Crippen LogP contribution in [-0.2, 0) is 9.53 Å². The molecule has 1 saturated heterocycles. The zero-order valence-corrected chi connectivity index (χ0v) is 10.8. The SMILES string of the molecule is CCNC1=N[C@@H]2[C@@H](O)[C@H](O)[C@@H](C(=O)O)O[C@]2(C)S1. The van der Waals surface area contributed by atoms with E-state index in [4.69, 9.17) is 9.84 Å². The first-order chi connectivity index (χ1) is 8.39. The molecule has 0 aromatic rings. The standard InChI is InChI=1S/C10H16N2O5S/c1-3-11-9-12-7-5(14)4(13)6(8(15)16)17-10(7,2)18-9/h4-7,13-14H,3H2,1-2H3,(H,11,12)(H,15,16)/t4-,5-,6-,7+,10+/m0/s1. The number of aliphatic hydroxyl groups excluding tert-OH is 2. The zero-order valence-electron chi connectivity index (χ0n) is 10.0. The number of aliphatic imine (C=N–C) groups is 1. The normalized spacial score (nSPS) is 43.2. The van der Waals surface area contributed by atoms with Crippen molar-refractivity contribution in [3.8, 4) is 0 Å². The Labute approximate surface area is 108 Å². The number of hydrogen-bond acceptors (Lipinski definition) is 7. The maximum Gasteiger partial charge on any atom is 0.335 e. The quantitative estimate of drug-likeness (QED) is 0.511. The van der Waals surface area contributed by atoms with Crippen LogP contribution in [0.2, 0.25) is 0 Å². The highest BCUT2D eigenvalue weighted by Crippen LogP contribution is 2.45. The number of aliphatic hydroxyl groups is 2. The van der Waals surface area contributed by atoms with Gasteiger partial charge in [-0.3, -0.25) is 4.99 Å². The van der Waals surface area contributed by atoms with Crippen molar-refractivity contribution < 1.29 is 24.9 Å². The summed E-state index contributed by atoms with van der Waals surface area (Å²) in [5, 5.41) is 32.3. The number of thioether (sulfide) groups is 1. The van der Waals surface area contributed by atoms with Gasteiger partial charge in [-0.15, -0.1) is 0 Å². The maximum atomic E-state index is 11.0. The summed E-state index contributed by atoms with van der Waals surface area (Å²) in [4.78, 5) is 14.3. The molecule has 0 saturated carbocycles. The third-order valence-electron chi connectivity index (χ3n) is 3.01. The second-order valence-corrected chi connectivity index (χ2v) is 5.79. The van der Waals surface area contributed by atoms with Gasteiger partial charge in [0.15, 0.2) is 11.3 Å². The number of carbonyl (C=O) groups is 1. The van der Waals surface area contributed by atoms with Gasteiger partial charge in [0.2, 0.25) is 0 Å². The lowest BCUT2D eigenvalue weighted by atomic mass is 9.93. The van der Waals surface area contributed by atoms with E-state index in [9.17, 15) is 15.0 Å². The van der Waals surface area contributed by atoms with Crippen molar-refractivity contribution in [2.45, 2.75) is 43.1 Å². The molecule has 2 rings (SSSR count). The molecule has 8 heteroatoms. The van der Waals surface area contributed by atoms with E-state index in [-0.39, 0.29) is 0 Å². The van der Waals surface area contributed by atoms with Gasteiger partial charge in [0.05, 0.1) is 0 Å². The zero-order chi connectivity index (χ0) is 13.5. The van der Waals surface area contributed by atoms with Crippen LogP contribution in [0.25, 0.3) is 0 Å². The molecule has 4 N–H and O–H groups in total. The first kappa shape index (κ1) is 13.6. The Hall–Kier alpha value is -0.830. The Kier molecular flexibility index (Phi) is 3.54. The van der Waals surface area contributed by atoms with Crippen LogP contribution in [0.1, 0.15) is 13.8 Å². The highest BCUT2D eigenvalue weighted by atomic mass is 32.2. The minimum absolute atomic E-state index is 0.585. The molecule has 5 atom stereocenters. The van der Waals surface area contributed by atoms with Crippen LogP contribution >= 0.6 is 11.8 Å². The van der Waals surface area contributed by atoms with Crippen LogP contribution in [0, 0.1) is 0 Å². The third-order valence-corrected chi connectivity index (χ3v) is 4.20. The molecule has 2 aliphatic rings. The molecule has 0 aromatic carbocycles. The average molecular weight is 276 g/mol. The summed E-state index contributed by atoms with van der Waals surface area (Å²) in [6.07, 6.45) is -4.18. The van der Waals surface area contributed by atoms with E-state index in [1.807, 2.05) is 6.92 Å². The van der Waals surface area contributed by atoms with Crippen LogP contribution in [0.4, 0.5) is 0 Å². The van der Waals surface area contributed by atoms with Crippen LogP contribution in [0.5, 0.6) is 0 Å². The van der Waals surface area contributed by atoms with Crippen LogP contribution in [0.15, 0.2) is 4.99 Å². The first-order valence-corrected chi connectivity index (χ1v) is 6.48. The molecule has 0 aliphatic carbocycles. The van der Waals surface area contributed by atoms with Crippen molar-refractivity contribution in [3.63, 3.8) is 0 Å². The Bertz CT molecular complexity index is 390. The smallest absolute Gasteiger partial charge is 0.335 e. The van der Waals surface area contributed by atoms with Gasteiger partial charge < -0.3 is 25.4 Å². The summed E-state index contributed by atoms with van der Waals surface area (Å²) in [5.74, 6) is -1.29. The minimum atomic E-state index is -1.48. The van der Waals surface area contributed by atoms with Crippen molar-refractivity contribution in [2.24, 2.45) is 4.99 Å². The summed E-state index contributed by atoms with van der Waals surface area (Å²) >= 11 is 1.23. The fourth-order valence-corrected chi connectivity index (χ4v) is 3.35. The molecule has 0 unspecified atom stereocenters. The Morgan fingerprint density at radius 1 is 1.56 bits per heavy atom. The van der Waals surface area contributed by atoms with E-state index < -0.39 is 35.3 Å². The molecule has 1 fully saturated rings. The molecule has 102 valence electrons. The summed E-state index contributed by atoms with van der Waals surface area (Å²) in [7, 11) is 0. The number of aliphatic carboxylic acids is 1. The molecular formula is C10H16N2O5S. The molecule has 0 aromatic heterocycles. The van der Waals surface area contributed by atoms with Crippen molar-refractivity contribution >= 4 is 22.9 Å². The van der Waals surface area contributed by atoms with E-state index in [1.54, 1.807) is 6.92 Å². The molecule has 0 spiro atoms. The molecule has 2 heterocycles. The van der Waals surface area contributed by atoms with E-state index in [0.29, 0.717) is 11.7 Å². The van der Waals surface area contributed by atoms with Crippen LogP contribution < -0.4 is 5.32 Å². The number of fused-ring (bicyclic) bond motifs is 1. The van der Waals surface area contributed by atoms with Crippen molar-refractivity contribution in [3.05, 3.63) is 0 Å². The number of nitrogens with one attached hydrogen (secondary N) is 1. The summed E-state index contributed by atoms with van der Waals surface area (Å²) in [6, 6.07) is -0.679. The van der Waals surface area contributed by atoms with Gasteiger partial charge in [-0.1, -0.05) is 11.8 Å². The van der Waals surface area contributed by atoms with Crippen molar-refractivity contribution in [1.29, 1.82) is 0 Å².